The van der Waals surface area contributed by atoms with Crippen LogP contribution in [0.4, 0.5) is 10.5 Å². The third-order valence-corrected chi connectivity index (χ3v) is 7.76. The highest BCUT2D eigenvalue weighted by Gasteiger charge is 2.58. The predicted octanol–water partition coefficient (Wildman–Crippen LogP) is 3.40. The van der Waals surface area contributed by atoms with Crippen LogP contribution in [0.15, 0.2) is 54.6 Å². The fourth-order valence-electron chi connectivity index (χ4n) is 5.40. The highest BCUT2D eigenvalue weighted by molar-refractivity contribution is 6.23. The first-order valence-corrected chi connectivity index (χ1v) is 12.7. The first kappa shape index (κ1) is 26.3. The van der Waals surface area contributed by atoms with Gasteiger partial charge in [0.2, 0.25) is 0 Å². The van der Waals surface area contributed by atoms with Crippen molar-refractivity contribution in [3.8, 4) is 0 Å². The summed E-state index contributed by atoms with van der Waals surface area (Å²) in [7, 11) is 1.94. The van der Waals surface area contributed by atoms with Gasteiger partial charge in [0.05, 0.1) is 12.1 Å². The van der Waals surface area contributed by atoms with E-state index in [2.05, 4.69) is 17.6 Å². The van der Waals surface area contributed by atoms with Gasteiger partial charge in [0, 0.05) is 24.7 Å². The molecule has 0 radical (unpaired) electrons. The Hall–Kier alpha value is -3.72. The van der Waals surface area contributed by atoms with E-state index in [0.29, 0.717) is 36.1 Å². The van der Waals surface area contributed by atoms with Gasteiger partial charge in [0.1, 0.15) is 5.54 Å². The van der Waals surface area contributed by atoms with Crippen LogP contribution in [0.1, 0.15) is 54.9 Å². The molecule has 9 heteroatoms. The van der Waals surface area contributed by atoms with Gasteiger partial charge in [-0.15, -0.1) is 0 Å². The normalized spacial score (nSPS) is 22.4. The lowest BCUT2D eigenvalue weighted by Crippen LogP contribution is -2.53. The van der Waals surface area contributed by atoms with Gasteiger partial charge in [-0.05, 0) is 75.4 Å². The quantitative estimate of drug-likeness (QED) is 0.449. The molecule has 0 aromatic heterocycles. The Morgan fingerprint density at radius 2 is 1.70 bits per heavy atom. The number of rotatable bonds is 9. The van der Waals surface area contributed by atoms with Crippen molar-refractivity contribution in [3.05, 3.63) is 65.7 Å². The van der Waals surface area contributed by atoms with E-state index in [1.807, 2.05) is 25.2 Å². The standard InChI is InChI=1S/C28H34N4O5/c1-19(29-2)21-12-15-28(16-13-21)26(36)32(23-6-4-3-5-7-23)27(37)31(28)18-20-8-10-22(11-9-20)25(35)30-17-14-24(33)34/h3-11,19,21,29H,12-18H2,1-2H3,(H,30,35)(H,33,34). The Kier molecular flexibility index (Phi) is 7.92. The van der Waals surface area contributed by atoms with Crippen LogP contribution in [0.2, 0.25) is 0 Å². The number of carbonyl (C=O) groups excluding carboxylic acids is 3. The second-order valence-electron chi connectivity index (χ2n) is 9.89. The average molecular weight is 507 g/mol. The summed E-state index contributed by atoms with van der Waals surface area (Å²) in [5.41, 5.74) is 0.880. The lowest BCUT2D eigenvalue weighted by molar-refractivity contribution is -0.136. The van der Waals surface area contributed by atoms with Gasteiger partial charge in [-0.2, -0.15) is 0 Å². The molecule has 1 saturated heterocycles. The predicted molar refractivity (Wildman–Crippen MR) is 139 cm³/mol. The van der Waals surface area contributed by atoms with Gasteiger partial charge in [-0.3, -0.25) is 14.4 Å². The smallest absolute Gasteiger partial charge is 0.332 e. The Morgan fingerprint density at radius 1 is 1.05 bits per heavy atom. The number of carbonyl (C=O) groups is 4. The summed E-state index contributed by atoms with van der Waals surface area (Å²) < 4.78 is 0. The molecule has 37 heavy (non-hydrogen) atoms. The number of carboxylic acid groups (broad SMARTS) is 1. The van der Waals surface area contributed by atoms with E-state index in [0.717, 1.165) is 18.4 Å². The molecule has 1 spiro atoms. The second-order valence-corrected chi connectivity index (χ2v) is 9.89. The number of nitrogens with zero attached hydrogens (tertiary/aromatic N) is 2. The lowest BCUT2D eigenvalue weighted by Gasteiger charge is -2.42. The van der Waals surface area contributed by atoms with Crippen molar-refractivity contribution in [3.63, 3.8) is 0 Å². The zero-order chi connectivity index (χ0) is 26.6. The number of aliphatic carboxylic acids is 1. The van der Waals surface area contributed by atoms with E-state index in [9.17, 15) is 19.2 Å². The third kappa shape index (κ3) is 5.36. The molecule has 2 aromatic rings. The van der Waals surface area contributed by atoms with Crippen molar-refractivity contribution >= 4 is 29.5 Å². The van der Waals surface area contributed by atoms with Crippen LogP contribution in [-0.2, 0) is 16.1 Å². The maximum atomic E-state index is 13.9. The van der Waals surface area contributed by atoms with Gasteiger partial charge in [0.15, 0.2) is 0 Å². The second kappa shape index (κ2) is 11.1. The van der Waals surface area contributed by atoms with Crippen LogP contribution in [0, 0.1) is 5.92 Å². The Morgan fingerprint density at radius 3 is 2.30 bits per heavy atom. The SMILES string of the molecule is CNC(C)C1CCC2(CC1)C(=O)N(c1ccccc1)C(=O)N2Cc1ccc(C(=O)NCCC(=O)O)cc1. The molecular weight excluding hydrogens is 472 g/mol. The summed E-state index contributed by atoms with van der Waals surface area (Å²) in [5.74, 6) is -1.07. The molecule has 3 N–H and O–H groups in total. The van der Waals surface area contributed by atoms with E-state index >= 15 is 0 Å². The number of urea groups is 1. The summed E-state index contributed by atoms with van der Waals surface area (Å²) in [6.45, 7) is 2.45. The van der Waals surface area contributed by atoms with Crippen molar-refractivity contribution in [2.75, 3.05) is 18.5 Å². The van der Waals surface area contributed by atoms with Gasteiger partial charge >= 0.3 is 12.0 Å². The zero-order valence-corrected chi connectivity index (χ0v) is 21.3. The molecule has 1 saturated carbocycles. The van der Waals surface area contributed by atoms with Crippen LogP contribution in [-0.4, -0.2) is 59.0 Å². The molecule has 1 atom stereocenters. The van der Waals surface area contributed by atoms with Gasteiger partial charge < -0.3 is 20.6 Å². The van der Waals surface area contributed by atoms with E-state index in [1.54, 1.807) is 41.3 Å². The highest BCUT2D eigenvalue weighted by atomic mass is 16.4. The summed E-state index contributed by atoms with van der Waals surface area (Å²) >= 11 is 0. The minimum absolute atomic E-state index is 0.0469. The Bertz CT molecular complexity index is 1140. The number of hydrogen-bond acceptors (Lipinski definition) is 5. The number of imide groups is 1. The molecule has 2 aliphatic rings. The zero-order valence-electron chi connectivity index (χ0n) is 21.3. The maximum absolute atomic E-state index is 13.9. The minimum atomic E-state index is -0.978. The van der Waals surface area contributed by atoms with Crippen molar-refractivity contribution < 1.29 is 24.3 Å². The summed E-state index contributed by atoms with van der Waals surface area (Å²) in [6, 6.07) is 15.9. The van der Waals surface area contributed by atoms with E-state index < -0.39 is 11.5 Å². The summed E-state index contributed by atoms with van der Waals surface area (Å²) in [4.78, 5) is 53.6. The molecule has 4 rings (SSSR count). The molecule has 9 nitrogen and oxygen atoms in total. The van der Waals surface area contributed by atoms with E-state index in [4.69, 9.17) is 5.11 Å². The topological polar surface area (TPSA) is 119 Å². The van der Waals surface area contributed by atoms with Crippen LogP contribution in [0.3, 0.4) is 0 Å². The average Bonchev–Trinajstić information content (AvgIpc) is 3.10. The summed E-state index contributed by atoms with van der Waals surface area (Å²) in [5, 5.41) is 14.6. The molecule has 196 valence electrons. The molecule has 2 aromatic carbocycles. The number of benzene rings is 2. The lowest BCUT2D eigenvalue weighted by atomic mass is 9.73. The van der Waals surface area contributed by atoms with Crippen molar-refractivity contribution in [1.82, 2.24) is 15.5 Å². The van der Waals surface area contributed by atoms with Crippen LogP contribution in [0.25, 0.3) is 0 Å². The van der Waals surface area contributed by atoms with E-state index in [-0.39, 0.29) is 37.4 Å². The molecule has 4 amide bonds. The Balaban J connectivity index is 1.56. The maximum Gasteiger partial charge on any atom is 0.332 e. The van der Waals surface area contributed by atoms with Gasteiger partial charge in [-0.25, -0.2) is 9.69 Å². The number of nitrogens with one attached hydrogen (secondary N) is 2. The van der Waals surface area contributed by atoms with E-state index in [1.165, 1.54) is 4.90 Å². The number of carboxylic acids is 1. The molecule has 2 fully saturated rings. The van der Waals surface area contributed by atoms with Gasteiger partial charge in [0.25, 0.3) is 11.8 Å². The van der Waals surface area contributed by atoms with Crippen LogP contribution < -0.4 is 15.5 Å². The first-order chi connectivity index (χ1) is 17.8. The number of hydrogen-bond donors (Lipinski definition) is 3. The third-order valence-electron chi connectivity index (χ3n) is 7.76. The fraction of sp³-hybridized carbons (Fsp3) is 0.429. The van der Waals surface area contributed by atoms with Crippen molar-refractivity contribution in [2.24, 2.45) is 5.92 Å². The molecular formula is C28H34N4O5. The van der Waals surface area contributed by atoms with Gasteiger partial charge in [-0.1, -0.05) is 30.3 Å². The minimum Gasteiger partial charge on any atom is -0.481 e. The monoisotopic (exact) mass is 506 g/mol. The van der Waals surface area contributed by atoms with Crippen LogP contribution in [0.5, 0.6) is 0 Å². The molecule has 1 unspecified atom stereocenters. The number of para-hydroxylation sites is 1. The van der Waals surface area contributed by atoms with Crippen molar-refractivity contribution in [2.45, 2.75) is 57.2 Å². The molecule has 1 aliphatic heterocycles. The molecule has 1 aliphatic carbocycles. The molecule has 1 heterocycles. The number of amides is 4. The number of anilines is 1. The van der Waals surface area contributed by atoms with Crippen molar-refractivity contribution in [1.29, 1.82) is 0 Å². The first-order valence-electron chi connectivity index (χ1n) is 12.7. The van der Waals surface area contributed by atoms with Crippen LogP contribution >= 0.6 is 0 Å². The summed E-state index contributed by atoms with van der Waals surface area (Å²) in [6.07, 6.45) is 2.73. The fourth-order valence-corrected chi connectivity index (χ4v) is 5.40. The molecule has 0 bridgehead atoms. The Labute approximate surface area is 216 Å². The largest absolute Gasteiger partial charge is 0.481 e. The highest BCUT2D eigenvalue weighted by Crippen LogP contribution is 2.45.